The first kappa shape index (κ1) is 18.0. The number of nitrogens with one attached hydrogen (secondary N) is 1. The maximum atomic E-state index is 12.3. The van der Waals surface area contributed by atoms with Gasteiger partial charge in [0.05, 0.1) is 12.7 Å². The van der Waals surface area contributed by atoms with Crippen molar-refractivity contribution in [1.29, 1.82) is 5.26 Å². The molecular weight excluding hydrogens is 344 g/mol. The third-order valence-electron chi connectivity index (χ3n) is 3.22. The van der Waals surface area contributed by atoms with Crippen molar-refractivity contribution in [1.82, 2.24) is 0 Å². The van der Waals surface area contributed by atoms with Gasteiger partial charge < -0.3 is 15.2 Å². The number of rotatable bonds is 5. The number of carboxylic acid groups (broad SMARTS) is 1. The summed E-state index contributed by atoms with van der Waals surface area (Å²) < 4.78 is 5.18. The van der Waals surface area contributed by atoms with Crippen LogP contribution >= 0.6 is 11.6 Å². The van der Waals surface area contributed by atoms with Crippen LogP contribution < -0.4 is 10.1 Å². The zero-order valence-corrected chi connectivity index (χ0v) is 13.9. The van der Waals surface area contributed by atoms with E-state index in [1.807, 2.05) is 6.07 Å². The lowest BCUT2D eigenvalue weighted by molar-refractivity contribution is -0.112. The highest BCUT2D eigenvalue weighted by Gasteiger charge is 2.12. The number of aromatic carboxylic acids is 1. The fourth-order valence-electron chi connectivity index (χ4n) is 2.05. The summed E-state index contributed by atoms with van der Waals surface area (Å²) >= 11 is 5.93. The average Bonchev–Trinajstić information content (AvgIpc) is 2.59. The van der Waals surface area contributed by atoms with Gasteiger partial charge >= 0.3 is 5.97 Å². The molecule has 2 N–H and O–H groups in total. The number of nitriles is 1. The number of hydrogen-bond donors (Lipinski definition) is 2. The highest BCUT2D eigenvalue weighted by molar-refractivity contribution is 6.30. The number of halogens is 1. The molecule has 0 aromatic heterocycles. The number of ether oxygens (including phenoxy) is 1. The smallest absolute Gasteiger partial charge is 0.335 e. The Hall–Kier alpha value is -3.30. The van der Waals surface area contributed by atoms with Crippen molar-refractivity contribution < 1.29 is 19.4 Å². The van der Waals surface area contributed by atoms with Gasteiger partial charge in [-0.05, 0) is 42.5 Å². The van der Waals surface area contributed by atoms with Crippen LogP contribution in [0, 0.1) is 11.3 Å². The molecule has 7 heteroatoms. The topological polar surface area (TPSA) is 99.4 Å². The van der Waals surface area contributed by atoms with Crippen LogP contribution in [0.2, 0.25) is 5.02 Å². The van der Waals surface area contributed by atoms with Crippen LogP contribution in [0.5, 0.6) is 5.75 Å². The molecule has 2 aromatic carbocycles. The molecule has 0 atom stereocenters. The number of anilines is 1. The van der Waals surface area contributed by atoms with E-state index < -0.39 is 11.9 Å². The highest BCUT2D eigenvalue weighted by Crippen LogP contribution is 2.25. The van der Waals surface area contributed by atoms with E-state index in [9.17, 15) is 14.9 Å². The highest BCUT2D eigenvalue weighted by atomic mass is 35.5. The Morgan fingerprint density at radius 3 is 2.68 bits per heavy atom. The second-order valence-corrected chi connectivity index (χ2v) is 5.33. The summed E-state index contributed by atoms with van der Waals surface area (Å²) in [6.07, 6.45) is 1.35. The summed E-state index contributed by atoms with van der Waals surface area (Å²) in [5.41, 5.74) is 0.586. The molecule has 0 aliphatic heterocycles. The molecule has 0 saturated heterocycles. The van der Waals surface area contributed by atoms with Crippen molar-refractivity contribution >= 4 is 35.2 Å². The molecule has 2 rings (SSSR count). The quantitative estimate of drug-likeness (QED) is 0.630. The first-order valence-electron chi connectivity index (χ1n) is 7.04. The number of hydrogen-bond acceptors (Lipinski definition) is 4. The van der Waals surface area contributed by atoms with Crippen LogP contribution in [-0.4, -0.2) is 24.1 Å². The van der Waals surface area contributed by atoms with Gasteiger partial charge in [0.2, 0.25) is 0 Å². The van der Waals surface area contributed by atoms with Crippen LogP contribution in [-0.2, 0) is 4.79 Å². The minimum absolute atomic E-state index is 0.0248. The van der Waals surface area contributed by atoms with Gasteiger partial charge in [-0.25, -0.2) is 4.79 Å². The predicted molar refractivity (Wildman–Crippen MR) is 93.6 cm³/mol. The third-order valence-corrected chi connectivity index (χ3v) is 3.46. The Morgan fingerprint density at radius 1 is 1.28 bits per heavy atom. The van der Waals surface area contributed by atoms with E-state index >= 15 is 0 Å². The van der Waals surface area contributed by atoms with Gasteiger partial charge in [-0.1, -0.05) is 17.7 Å². The van der Waals surface area contributed by atoms with Crippen molar-refractivity contribution in [2.24, 2.45) is 0 Å². The summed E-state index contributed by atoms with van der Waals surface area (Å²) in [4.78, 5) is 23.3. The first-order valence-corrected chi connectivity index (χ1v) is 7.42. The summed E-state index contributed by atoms with van der Waals surface area (Å²) in [6.45, 7) is 0. The number of nitrogens with zero attached hydrogens (tertiary/aromatic N) is 1. The number of carbonyl (C=O) groups is 2. The van der Waals surface area contributed by atoms with Crippen molar-refractivity contribution in [3.8, 4) is 11.8 Å². The summed E-state index contributed by atoms with van der Waals surface area (Å²) in [6, 6.07) is 12.3. The van der Waals surface area contributed by atoms with Crippen LogP contribution in [0.1, 0.15) is 15.9 Å². The van der Waals surface area contributed by atoms with Crippen molar-refractivity contribution in [3.63, 3.8) is 0 Å². The van der Waals surface area contributed by atoms with E-state index in [2.05, 4.69) is 5.32 Å². The van der Waals surface area contributed by atoms with Crippen molar-refractivity contribution in [2.45, 2.75) is 0 Å². The van der Waals surface area contributed by atoms with Crippen LogP contribution in [0.25, 0.3) is 6.08 Å². The van der Waals surface area contributed by atoms with Crippen molar-refractivity contribution in [2.75, 3.05) is 12.4 Å². The number of amides is 1. The van der Waals surface area contributed by atoms with E-state index in [1.165, 1.54) is 37.5 Å². The minimum Gasteiger partial charge on any atom is -0.496 e. The van der Waals surface area contributed by atoms with Gasteiger partial charge in [0.25, 0.3) is 5.91 Å². The zero-order valence-electron chi connectivity index (χ0n) is 13.1. The largest absolute Gasteiger partial charge is 0.496 e. The maximum Gasteiger partial charge on any atom is 0.335 e. The molecule has 0 saturated carbocycles. The molecule has 6 nitrogen and oxygen atoms in total. The van der Waals surface area contributed by atoms with Crippen molar-refractivity contribution in [3.05, 3.63) is 64.2 Å². The fourth-order valence-corrected chi connectivity index (χ4v) is 2.23. The minimum atomic E-state index is -1.11. The normalized spacial score (nSPS) is 10.7. The molecular formula is C18H13ClN2O4. The number of carbonyl (C=O) groups excluding carboxylic acids is 1. The lowest BCUT2D eigenvalue weighted by Gasteiger charge is -2.07. The molecule has 2 aromatic rings. The molecule has 0 aliphatic rings. The number of carboxylic acids is 1. The molecule has 0 spiro atoms. The van der Waals surface area contributed by atoms with Crippen LogP contribution in [0.15, 0.2) is 48.0 Å². The molecule has 126 valence electrons. The Bertz CT molecular complexity index is 900. The molecule has 0 aliphatic carbocycles. The maximum absolute atomic E-state index is 12.3. The number of benzene rings is 2. The standard InChI is InChI=1S/C18H13ClN2O4/c1-25-16-6-5-14(19)8-12(16)7-13(10-20)17(22)21-15-4-2-3-11(9-15)18(23)24/h2-9H,1H3,(H,21,22)(H,23,24)/b13-7-. The second kappa shape index (κ2) is 7.99. The lowest BCUT2D eigenvalue weighted by Crippen LogP contribution is -2.14. The van der Waals surface area contributed by atoms with Gasteiger partial charge in [0, 0.05) is 16.3 Å². The van der Waals surface area contributed by atoms with Gasteiger partial charge in [0.15, 0.2) is 0 Å². The van der Waals surface area contributed by atoms with E-state index in [1.54, 1.807) is 18.2 Å². The molecule has 1 amide bonds. The zero-order chi connectivity index (χ0) is 18.4. The SMILES string of the molecule is COc1ccc(Cl)cc1/C=C(/C#N)C(=O)Nc1cccc(C(=O)O)c1. The summed E-state index contributed by atoms with van der Waals surface area (Å²) in [5.74, 6) is -1.33. The summed E-state index contributed by atoms with van der Waals surface area (Å²) in [5, 5.41) is 21.2. The Labute approximate surface area is 148 Å². The van der Waals surface area contributed by atoms with Crippen LogP contribution in [0.3, 0.4) is 0 Å². The van der Waals surface area contributed by atoms with E-state index in [0.717, 1.165) is 0 Å². The van der Waals surface area contributed by atoms with Crippen LogP contribution in [0.4, 0.5) is 5.69 Å². The van der Waals surface area contributed by atoms with Gasteiger partial charge in [-0.3, -0.25) is 4.79 Å². The summed E-state index contributed by atoms with van der Waals surface area (Å²) in [7, 11) is 1.46. The van der Waals surface area contributed by atoms with E-state index in [-0.39, 0.29) is 16.8 Å². The second-order valence-electron chi connectivity index (χ2n) is 4.90. The molecule has 0 unspecified atom stereocenters. The Kier molecular flexibility index (Phi) is 5.77. The molecule has 0 radical (unpaired) electrons. The number of methoxy groups -OCH3 is 1. The van der Waals surface area contributed by atoms with Gasteiger partial charge in [-0.2, -0.15) is 5.26 Å². The third kappa shape index (κ3) is 4.59. The van der Waals surface area contributed by atoms with Gasteiger partial charge in [-0.15, -0.1) is 0 Å². The average molecular weight is 357 g/mol. The molecule has 25 heavy (non-hydrogen) atoms. The van der Waals surface area contributed by atoms with Gasteiger partial charge in [0.1, 0.15) is 17.4 Å². The van der Waals surface area contributed by atoms with E-state index in [0.29, 0.717) is 16.3 Å². The monoisotopic (exact) mass is 356 g/mol. The Balaban J connectivity index is 2.30. The Morgan fingerprint density at radius 2 is 2.04 bits per heavy atom. The molecule has 0 fully saturated rings. The first-order chi connectivity index (χ1) is 11.9. The van der Waals surface area contributed by atoms with E-state index in [4.69, 9.17) is 21.4 Å². The lowest BCUT2D eigenvalue weighted by atomic mass is 10.1. The predicted octanol–water partition coefficient (Wildman–Crippen LogP) is 3.59. The molecule has 0 heterocycles. The fraction of sp³-hybridized carbons (Fsp3) is 0.0556. The molecule has 0 bridgehead atoms.